The lowest BCUT2D eigenvalue weighted by molar-refractivity contribution is -0.121. The van der Waals surface area contributed by atoms with Crippen molar-refractivity contribution in [1.82, 2.24) is 14.7 Å². The van der Waals surface area contributed by atoms with Crippen molar-refractivity contribution >= 4 is 11.6 Å². The zero-order valence-electron chi connectivity index (χ0n) is 14.8. The number of aryl methyl sites for hydroxylation is 1. The number of nitrogens with one attached hydrogen (secondary N) is 1. The molecule has 1 amide bonds. The molecule has 0 unspecified atom stereocenters. The molecule has 1 saturated heterocycles. The van der Waals surface area contributed by atoms with Crippen molar-refractivity contribution in [2.45, 2.75) is 39.3 Å². The van der Waals surface area contributed by atoms with E-state index in [4.69, 9.17) is 0 Å². The second kappa shape index (κ2) is 7.78. The van der Waals surface area contributed by atoms with Crippen LogP contribution in [-0.2, 0) is 11.3 Å². The third-order valence-electron chi connectivity index (χ3n) is 5.03. The summed E-state index contributed by atoms with van der Waals surface area (Å²) in [6, 6.07) is 6.91. The van der Waals surface area contributed by atoms with Crippen molar-refractivity contribution in [3.63, 3.8) is 0 Å². The summed E-state index contributed by atoms with van der Waals surface area (Å²) < 4.78 is 14.9. The molecular weight excluding hydrogens is 319 g/mol. The summed E-state index contributed by atoms with van der Waals surface area (Å²) in [6.07, 6.45) is 5.20. The molecule has 1 aromatic carbocycles. The first-order chi connectivity index (χ1) is 12.1. The molecule has 6 heteroatoms. The molecule has 1 fully saturated rings. The van der Waals surface area contributed by atoms with Gasteiger partial charge in [-0.05, 0) is 57.5 Å². The number of carbonyl (C=O) groups excluding carboxylic acids is 1. The van der Waals surface area contributed by atoms with Crippen molar-refractivity contribution < 1.29 is 9.18 Å². The van der Waals surface area contributed by atoms with Crippen LogP contribution in [0.4, 0.5) is 10.1 Å². The Morgan fingerprint density at radius 3 is 2.60 bits per heavy atom. The van der Waals surface area contributed by atoms with Crippen molar-refractivity contribution in [2.24, 2.45) is 5.92 Å². The average Bonchev–Trinajstić information content (AvgIpc) is 3.09. The van der Waals surface area contributed by atoms with Crippen LogP contribution in [0.2, 0.25) is 0 Å². The minimum atomic E-state index is -0.210. The topological polar surface area (TPSA) is 50.2 Å². The molecule has 1 aliphatic rings. The van der Waals surface area contributed by atoms with E-state index in [1.54, 1.807) is 10.9 Å². The number of amides is 1. The lowest BCUT2D eigenvalue weighted by atomic mass is 9.94. The minimum Gasteiger partial charge on any atom is -0.323 e. The number of nitrogens with zero attached hydrogens (tertiary/aromatic N) is 3. The van der Waals surface area contributed by atoms with Crippen molar-refractivity contribution in [3.05, 3.63) is 48.0 Å². The first kappa shape index (κ1) is 17.6. The van der Waals surface area contributed by atoms with Crippen molar-refractivity contribution in [1.29, 1.82) is 0 Å². The van der Waals surface area contributed by atoms with E-state index in [-0.39, 0.29) is 23.7 Å². The Kier molecular flexibility index (Phi) is 5.48. The van der Waals surface area contributed by atoms with E-state index in [2.05, 4.69) is 22.2 Å². The molecule has 0 spiro atoms. The van der Waals surface area contributed by atoms with Gasteiger partial charge in [0.15, 0.2) is 0 Å². The minimum absolute atomic E-state index is 0.0293. The summed E-state index contributed by atoms with van der Waals surface area (Å²) in [6.45, 7) is 6.66. The fraction of sp³-hybridized carbons (Fsp3) is 0.474. The molecule has 1 N–H and O–H groups in total. The molecule has 5 nitrogen and oxygen atoms in total. The largest absolute Gasteiger partial charge is 0.323 e. The SMILES string of the molecule is CCn1cc(NC(=O)C2CCN([C@H](C)c3ccc(F)cc3)CC2)cn1. The number of hydrogen-bond acceptors (Lipinski definition) is 3. The van der Waals surface area contributed by atoms with Crippen LogP contribution in [0.3, 0.4) is 0 Å². The standard InChI is InChI=1S/C19H25FN4O/c1-3-24-13-18(12-21-24)22-19(25)16-8-10-23(11-9-16)14(2)15-4-6-17(20)7-5-15/h4-7,12-14,16H,3,8-11H2,1-2H3,(H,22,25)/t14-/m1/s1. The number of hydrogen-bond donors (Lipinski definition) is 1. The van der Waals surface area contributed by atoms with Gasteiger partial charge >= 0.3 is 0 Å². The van der Waals surface area contributed by atoms with E-state index < -0.39 is 0 Å². The number of likely N-dealkylation sites (tertiary alicyclic amines) is 1. The van der Waals surface area contributed by atoms with Gasteiger partial charge in [0, 0.05) is 24.7 Å². The zero-order valence-corrected chi connectivity index (χ0v) is 14.8. The second-order valence-corrected chi connectivity index (χ2v) is 6.61. The van der Waals surface area contributed by atoms with Crippen LogP contribution in [-0.4, -0.2) is 33.7 Å². The van der Waals surface area contributed by atoms with E-state index in [0.717, 1.165) is 43.7 Å². The highest BCUT2D eigenvalue weighted by atomic mass is 19.1. The number of rotatable bonds is 5. The molecule has 2 heterocycles. The van der Waals surface area contributed by atoms with Gasteiger partial charge in [-0.2, -0.15) is 5.10 Å². The van der Waals surface area contributed by atoms with Gasteiger partial charge in [0.2, 0.25) is 5.91 Å². The third-order valence-corrected chi connectivity index (χ3v) is 5.03. The zero-order chi connectivity index (χ0) is 17.8. The number of benzene rings is 1. The van der Waals surface area contributed by atoms with E-state index in [9.17, 15) is 9.18 Å². The highest BCUT2D eigenvalue weighted by molar-refractivity contribution is 5.92. The summed E-state index contributed by atoms with van der Waals surface area (Å²) in [4.78, 5) is 14.8. The molecule has 1 atom stereocenters. The molecule has 0 radical (unpaired) electrons. The van der Waals surface area contributed by atoms with Gasteiger partial charge in [0.1, 0.15) is 5.82 Å². The molecule has 134 valence electrons. The molecule has 3 rings (SSSR count). The van der Waals surface area contributed by atoms with Crippen LogP contribution in [0.15, 0.2) is 36.7 Å². The Balaban J connectivity index is 1.52. The molecule has 1 aliphatic heterocycles. The number of carbonyl (C=O) groups is 1. The van der Waals surface area contributed by atoms with Gasteiger partial charge in [-0.25, -0.2) is 4.39 Å². The lowest BCUT2D eigenvalue weighted by Crippen LogP contribution is -2.39. The first-order valence-corrected chi connectivity index (χ1v) is 8.89. The molecule has 1 aromatic heterocycles. The molecule has 2 aromatic rings. The maximum Gasteiger partial charge on any atom is 0.227 e. The summed E-state index contributed by atoms with van der Waals surface area (Å²) in [5, 5.41) is 7.14. The Labute approximate surface area is 147 Å². The Morgan fingerprint density at radius 1 is 1.32 bits per heavy atom. The predicted molar refractivity (Wildman–Crippen MR) is 95.6 cm³/mol. The number of aromatic nitrogens is 2. The summed E-state index contributed by atoms with van der Waals surface area (Å²) in [5.74, 6) is -0.107. The van der Waals surface area contributed by atoms with Gasteiger partial charge < -0.3 is 5.32 Å². The molecule has 25 heavy (non-hydrogen) atoms. The van der Waals surface area contributed by atoms with Crippen LogP contribution in [0.5, 0.6) is 0 Å². The summed E-state index contributed by atoms with van der Waals surface area (Å²) >= 11 is 0. The maximum absolute atomic E-state index is 13.1. The monoisotopic (exact) mass is 344 g/mol. The fourth-order valence-corrected chi connectivity index (χ4v) is 3.35. The predicted octanol–water partition coefficient (Wildman–Crippen LogP) is 3.45. The molecular formula is C19H25FN4O. The van der Waals surface area contributed by atoms with Gasteiger partial charge in [-0.15, -0.1) is 0 Å². The number of piperidine rings is 1. The smallest absolute Gasteiger partial charge is 0.227 e. The van der Waals surface area contributed by atoms with Gasteiger partial charge in [0.05, 0.1) is 11.9 Å². The summed E-state index contributed by atoms with van der Waals surface area (Å²) in [7, 11) is 0. The average molecular weight is 344 g/mol. The van der Waals surface area contributed by atoms with Gasteiger partial charge in [-0.1, -0.05) is 12.1 Å². The molecule has 0 bridgehead atoms. The van der Waals surface area contributed by atoms with E-state index in [0.29, 0.717) is 0 Å². The second-order valence-electron chi connectivity index (χ2n) is 6.61. The highest BCUT2D eigenvalue weighted by Gasteiger charge is 2.27. The number of anilines is 1. The Morgan fingerprint density at radius 2 is 2.00 bits per heavy atom. The van der Waals surface area contributed by atoms with Gasteiger partial charge in [-0.3, -0.25) is 14.4 Å². The first-order valence-electron chi connectivity index (χ1n) is 8.89. The van der Waals surface area contributed by atoms with Crippen molar-refractivity contribution in [2.75, 3.05) is 18.4 Å². The molecule has 0 saturated carbocycles. The lowest BCUT2D eigenvalue weighted by Gasteiger charge is -2.35. The quantitative estimate of drug-likeness (QED) is 0.904. The van der Waals surface area contributed by atoms with E-state index in [1.165, 1.54) is 12.1 Å². The third kappa shape index (κ3) is 4.25. The molecule has 0 aliphatic carbocycles. The van der Waals surface area contributed by atoms with Crippen LogP contribution in [0, 0.1) is 11.7 Å². The van der Waals surface area contributed by atoms with Crippen LogP contribution in [0.25, 0.3) is 0 Å². The maximum atomic E-state index is 13.1. The van der Waals surface area contributed by atoms with E-state index >= 15 is 0 Å². The van der Waals surface area contributed by atoms with Crippen LogP contribution in [0.1, 0.15) is 38.3 Å². The normalized spacial score (nSPS) is 17.4. The van der Waals surface area contributed by atoms with E-state index in [1.807, 2.05) is 25.3 Å². The van der Waals surface area contributed by atoms with Crippen molar-refractivity contribution in [3.8, 4) is 0 Å². The van der Waals surface area contributed by atoms with Crippen LogP contribution < -0.4 is 5.32 Å². The fourth-order valence-electron chi connectivity index (χ4n) is 3.35. The summed E-state index contributed by atoms with van der Waals surface area (Å²) in [5.41, 5.74) is 1.87. The highest BCUT2D eigenvalue weighted by Crippen LogP contribution is 2.27. The van der Waals surface area contributed by atoms with Crippen LogP contribution >= 0.6 is 0 Å². The van der Waals surface area contributed by atoms with Gasteiger partial charge in [0.25, 0.3) is 0 Å². The number of halogens is 1. The Bertz CT molecular complexity index is 704. The Hall–Kier alpha value is -2.21.